The summed E-state index contributed by atoms with van der Waals surface area (Å²) >= 11 is 0. The number of rotatable bonds is 3. The third-order valence-corrected chi connectivity index (χ3v) is 3.69. The molecular weight excluding hydrogens is 202 g/mol. The van der Waals surface area contributed by atoms with Gasteiger partial charge in [-0.1, -0.05) is 6.42 Å². The van der Waals surface area contributed by atoms with Gasteiger partial charge in [-0.2, -0.15) is 0 Å². The van der Waals surface area contributed by atoms with Crippen molar-refractivity contribution in [2.75, 3.05) is 6.54 Å². The molecule has 4 nitrogen and oxygen atoms in total. The summed E-state index contributed by atoms with van der Waals surface area (Å²) in [7, 11) is 0. The summed E-state index contributed by atoms with van der Waals surface area (Å²) in [5, 5.41) is 8.27. The van der Waals surface area contributed by atoms with E-state index in [-0.39, 0.29) is 0 Å². The van der Waals surface area contributed by atoms with Crippen molar-refractivity contribution < 1.29 is 4.42 Å². The predicted molar refractivity (Wildman–Crippen MR) is 60.0 cm³/mol. The van der Waals surface area contributed by atoms with Gasteiger partial charge >= 0.3 is 0 Å². The van der Waals surface area contributed by atoms with Crippen LogP contribution in [0.5, 0.6) is 0 Å². The topological polar surface area (TPSA) is 42.2 Å². The zero-order chi connectivity index (χ0) is 11.0. The molecule has 16 heavy (non-hydrogen) atoms. The molecule has 1 aliphatic heterocycles. The molecule has 0 N–H and O–H groups in total. The average molecular weight is 221 g/mol. The zero-order valence-corrected chi connectivity index (χ0v) is 9.85. The normalized spacial score (nSPS) is 27.2. The lowest BCUT2D eigenvalue weighted by atomic mass is 10.0. The quantitative estimate of drug-likeness (QED) is 0.785. The molecule has 88 valence electrons. The van der Waals surface area contributed by atoms with Gasteiger partial charge in [0.15, 0.2) is 0 Å². The Morgan fingerprint density at radius 3 is 2.88 bits per heavy atom. The second kappa shape index (κ2) is 4.17. The van der Waals surface area contributed by atoms with Crippen LogP contribution in [-0.4, -0.2) is 27.7 Å². The number of likely N-dealkylation sites (tertiary alicyclic amines) is 1. The van der Waals surface area contributed by atoms with Crippen molar-refractivity contribution in [3.8, 4) is 0 Å². The molecule has 1 aromatic rings. The Hall–Kier alpha value is -0.900. The second-order valence-corrected chi connectivity index (χ2v) is 5.12. The lowest BCUT2D eigenvalue weighted by Gasteiger charge is -2.31. The van der Waals surface area contributed by atoms with Gasteiger partial charge < -0.3 is 4.42 Å². The van der Waals surface area contributed by atoms with Crippen LogP contribution in [0.25, 0.3) is 0 Å². The van der Waals surface area contributed by atoms with Gasteiger partial charge in [-0.05, 0) is 39.2 Å². The van der Waals surface area contributed by atoms with Gasteiger partial charge in [-0.3, -0.25) is 4.90 Å². The monoisotopic (exact) mass is 221 g/mol. The smallest absolute Gasteiger partial charge is 0.230 e. The third-order valence-electron chi connectivity index (χ3n) is 3.69. The highest BCUT2D eigenvalue weighted by Gasteiger charge is 2.30. The molecule has 1 unspecified atom stereocenters. The molecule has 1 aliphatic carbocycles. The number of nitrogens with zero attached hydrogens (tertiary/aromatic N) is 3. The van der Waals surface area contributed by atoms with E-state index in [0.29, 0.717) is 12.0 Å². The fourth-order valence-corrected chi connectivity index (χ4v) is 2.39. The maximum atomic E-state index is 5.69. The standard InChI is InChI=1S/C12H19N3O/c1-9-4-2-3-7-15(9)8-11-13-14-12(16-11)10-5-6-10/h9-10H,2-8H2,1H3. The maximum Gasteiger partial charge on any atom is 0.230 e. The minimum Gasteiger partial charge on any atom is -0.424 e. The van der Waals surface area contributed by atoms with E-state index in [1.807, 2.05) is 0 Å². The highest BCUT2D eigenvalue weighted by Crippen LogP contribution is 2.39. The molecule has 0 bridgehead atoms. The first-order valence-corrected chi connectivity index (χ1v) is 6.39. The van der Waals surface area contributed by atoms with Gasteiger partial charge in [-0.15, -0.1) is 10.2 Å². The Morgan fingerprint density at radius 2 is 2.12 bits per heavy atom. The molecule has 1 saturated carbocycles. The van der Waals surface area contributed by atoms with Crippen molar-refractivity contribution in [3.05, 3.63) is 11.8 Å². The van der Waals surface area contributed by atoms with Gasteiger partial charge in [-0.25, -0.2) is 0 Å². The first kappa shape index (κ1) is 10.3. The molecule has 1 saturated heterocycles. The van der Waals surface area contributed by atoms with Gasteiger partial charge in [0, 0.05) is 12.0 Å². The van der Waals surface area contributed by atoms with Gasteiger partial charge in [0.1, 0.15) is 0 Å². The molecule has 4 heteroatoms. The Morgan fingerprint density at radius 1 is 1.25 bits per heavy atom. The molecule has 0 radical (unpaired) electrons. The van der Waals surface area contributed by atoms with E-state index in [1.165, 1.54) is 38.6 Å². The molecule has 0 spiro atoms. The van der Waals surface area contributed by atoms with Crippen molar-refractivity contribution in [2.45, 2.75) is 57.5 Å². The molecule has 2 heterocycles. The van der Waals surface area contributed by atoms with Crippen LogP contribution in [0.3, 0.4) is 0 Å². The van der Waals surface area contributed by atoms with Gasteiger partial charge in [0.2, 0.25) is 11.8 Å². The highest BCUT2D eigenvalue weighted by molar-refractivity contribution is 5.00. The molecule has 2 fully saturated rings. The van der Waals surface area contributed by atoms with Crippen LogP contribution in [-0.2, 0) is 6.54 Å². The van der Waals surface area contributed by atoms with Crippen LogP contribution in [0.2, 0.25) is 0 Å². The lowest BCUT2D eigenvalue weighted by molar-refractivity contribution is 0.138. The number of piperidine rings is 1. The summed E-state index contributed by atoms with van der Waals surface area (Å²) in [6.07, 6.45) is 6.40. The predicted octanol–water partition coefficient (Wildman–Crippen LogP) is 2.32. The Balaban J connectivity index is 1.63. The van der Waals surface area contributed by atoms with Crippen molar-refractivity contribution in [1.29, 1.82) is 0 Å². The van der Waals surface area contributed by atoms with Crippen LogP contribution in [0.15, 0.2) is 4.42 Å². The van der Waals surface area contributed by atoms with E-state index in [0.717, 1.165) is 18.3 Å². The molecule has 1 aromatic heterocycles. The van der Waals surface area contributed by atoms with Crippen molar-refractivity contribution in [1.82, 2.24) is 15.1 Å². The molecular formula is C12H19N3O. The van der Waals surface area contributed by atoms with Crippen LogP contribution in [0, 0.1) is 0 Å². The van der Waals surface area contributed by atoms with E-state index in [1.54, 1.807) is 0 Å². The Labute approximate surface area is 96.0 Å². The summed E-state index contributed by atoms with van der Waals surface area (Å²) in [6, 6.07) is 0.657. The number of hydrogen-bond donors (Lipinski definition) is 0. The number of hydrogen-bond acceptors (Lipinski definition) is 4. The van der Waals surface area contributed by atoms with Crippen molar-refractivity contribution in [3.63, 3.8) is 0 Å². The SMILES string of the molecule is CC1CCCCN1Cc1nnc(C2CC2)o1. The summed E-state index contributed by atoms with van der Waals surface area (Å²) < 4.78 is 5.69. The molecule has 3 rings (SSSR count). The third kappa shape index (κ3) is 2.12. The van der Waals surface area contributed by atoms with Crippen molar-refractivity contribution in [2.24, 2.45) is 0 Å². The largest absolute Gasteiger partial charge is 0.424 e. The van der Waals surface area contributed by atoms with Crippen LogP contribution < -0.4 is 0 Å². The average Bonchev–Trinajstić information content (AvgIpc) is 3.03. The van der Waals surface area contributed by atoms with Crippen LogP contribution >= 0.6 is 0 Å². The summed E-state index contributed by atoms with van der Waals surface area (Å²) in [6.45, 7) is 4.29. The van der Waals surface area contributed by atoms with Gasteiger partial charge in [0.05, 0.1) is 6.54 Å². The lowest BCUT2D eigenvalue weighted by Crippen LogP contribution is -2.36. The molecule has 0 amide bonds. The van der Waals surface area contributed by atoms with Crippen molar-refractivity contribution >= 4 is 0 Å². The first-order chi connectivity index (χ1) is 7.83. The summed E-state index contributed by atoms with van der Waals surface area (Å²) in [4.78, 5) is 2.45. The van der Waals surface area contributed by atoms with E-state index >= 15 is 0 Å². The fraction of sp³-hybridized carbons (Fsp3) is 0.833. The molecule has 0 aromatic carbocycles. The first-order valence-electron chi connectivity index (χ1n) is 6.39. The highest BCUT2D eigenvalue weighted by atomic mass is 16.4. The minimum absolute atomic E-state index is 0.569. The van der Waals surface area contributed by atoms with Crippen LogP contribution in [0.4, 0.5) is 0 Å². The summed E-state index contributed by atoms with van der Waals surface area (Å²) in [5.41, 5.74) is 0. The second-order valence-electron chi connectivity index (χ2n) is 5.12. The van der Waals surface area contributed by atoms with E-state index in [4.69, 9.17) is 4.42 Å². The van der Waals surface area contributed by atoms with Gasteiger partial charge in [0.25, 0.3) is 0 Å². The summed E-state index contributed by atoms with van der Waals surface area (Å²) in [5.74, 6) is 2.23. The fourth-order valence-electron chi connectivity index (χ4n) is 2.39. The van der Waals surface area contributed by atoms with E-state index in [9.17, 15) is 0 Å². The number of aromatic nitrogens is 2. The Bertz CT molecular complexity index is 359. The minimum atomic E-state index is 0.569. The zero-order valence-electron chi connectivity index (χ0n) is 9.85. The molecule has 1 atom stereocenters. The van der Waals surface area contributed by atoms with E-state index < -0.39 is 0 Å². The molecule has 2 aliphatic rings. The maximum absolute atomic E-state index is 5.69. The Kier molecular flexibility index (Phi) is 2.67. The van der Waals surface area contributed by atoms with E-state index in [2.05, 4.69) is 22.0 Å². The van der Waals surface area contributed by atoms with Crippen LogP contribution in [0.1, 0.15) is 56.7 Å².